The zero-order chi connectivity index (χ0) is 24.5. The Balaban J connectivity index is 1.69. The zero-order valence-corrected chi connectivity index (χ0v) is 22.4. The predicted molar refractivity (Wildman–Crippen MR) is 149 cm³/mol. The van der Waals surface area contributed by atoms with Gasteiger partial charge < -0.3 is 4.90 Å². The first-order valence-electron chi connectivity index (χ1n) is 11.7. The fourth-order valence-electron chi connectivity index (χ4n) is 5.77. The molecule has 3 aliphatic rings. The molecule has 0 bridgehead atoms. The Labute approximate surface area is 223 Å². The van der Waals surface area contributed by atoms with Crippen molar-refractivity contribution in [3.63, 3.8) is 0 Å². The molecule has 0 saturated carbocycles. The molecule has 0 fully saturated rings. The van der Waals surface area contributed by atoms with Crippen molar-refractivity contribution in [3.05, 3.63) is 115 Å². The van der Waals surface area contributed by atoms with Crippen molar-refractivity contribution in [2.45, 2.75) is 32.6 Å². The maximum Gasteiger partial charge on any atom is 0.192 e. The van der Waals surface area contributed by atoms with Crippen LogP contribution in [-0.4, -0.2) is 11.6 Å². The number of hydrogen-bond acceptors (Lipinski definition) is 3. The van der Waals surface area contributed by atoms with E-state index in [9.17, 15) is 9.59 Å². The van der Waals surface area contributed by atoms with Gasteiger partial charge in [0.25, 0.3) is 0 Å². The number of Topliss-reactive ketones (excluding diaryl/α,β-unsaturated/α-hetero) is 2. The fraction of sp³-hybridized carbons (Fsp3) is 0.200. The van der Waals surface area contributed by atoms with Gasteiger partial charge in [0.15, 0.2) is 11.6 Å². The van der Waals surface area contributed by atoms with Crippen LogP contribution in [0.5, 0.6) is 0 Å². The van der Waals surface area contributed by atoms with E-state index in [0.717, 1.165) is 43.8 Å². The molecule has 0 spiro atoms. The van der Waals surface area contributed by atoms with Gasteiger partial charge >= 0.3 is 0 Å². The normalized spacial score (nSPS) is 20.7. The zero-order valence-electron chi connectivity index (χ0n) is 19.4. The summed E-state index contributed by atoms with van der Waals surface area (Å²) in [7, 11) is 0. The van der Waals surface area contributed by atoms with Crippen molar-refractivity contribution in [1.82, 2.24) is 0 Å². The maximum atomic E-state index is 14.0. The summed E-state index contributed by atoms with van der Waals surface area (Å²) in [6.45, 7) is 4.30. The smallest absolute Gasteiger partial charge is 0.192 e. The van der Waals surface area contributed by atoms with Gasteiger partial charge in [-0.05, 0) is 76.4 Å². The van der Waals surface area contributed by atoms with Crippen molar-refractivity contribution in [3.8, 4) is 0 Å². The minimum absolute atomic E-state index is 0.00440. The van der Waals surface area contributed by atoms with E-state index >= 15 is 0 Å². The second kappa shape index (κ2) is 8.17. The Hall–Kier alpha value is -2.70. The van der Waals surface area contributed by atoms with E-state index in [-0.39, 0.29) is 17.0 Å². The topological polar surface area (TPSA) is 37.4 Å². The number of carbonyl (C=O) groups excluding carboxylic acids is 2. The third-order valence-electron chi connectivity index (χ3n) is 7.18. The van der Waals surface area contributed by atoms with Gasteiger partial charge in [-0.1, -0.05) is 61.8 Å². The molecule has 1 atom stereocenters. The number of allylic oxidation sites excluding steroid dienone is 3. The largest absolute Gasteiger partial charge is 0.313 e. The molecule has 3 aromatic rings. The van der Waals surface area contributed by atoms with Crippen LogP contribution >= 0.6 is 34.2 Å². The van der Waals surface area contributed by atoms with E-state index in [1.807, 2.05) is 48.5 Å². The van der Waals surface area contributed by atoms with E-state index in [0.29, 0.717) is 22.6 Å². The first-order valence-corrected chi connectivity index (χ1v) is 13.2. The van der Waals surface area contributed by atoms with Crippen LogP contribution < -0.4 is 4.90 Å². The lowest BCUT2D eigenvalue weighted by atomic mass is 9.68. The first kappa shape index (κ1) is 22.7. The van der Waals surface area contributed by atoms with Crippen molar-refractivity contribution >= 4 is 57.1 Å². The molecule has 5 heteroatoms. The van der Waals surface area contributed by atoms with E-state index < -0.39 is 5.92 Å². The molecule has 35 heavy (non-hydrogen) atoms. The summed E-state index contributed by atoms with van der Waals surface area (Å²) in [6, 6.07) is 23.7. The van der Waals surface area contributed by atoms with E-state index in [1.54, 1.807) is 0 Å². The quantitative estimate of drug-likeness (QED) is 0.286. The van der Waals surface area contributed by atoms with Gasteiger partial charge in [0.2, 0.25) is 0 Å². The monoisotopic (exact) mass is 591 g/mol. The summed E-state index contributed by atoms with van der Waals surface area (Å²) < 4.78 is 1.13. The van der Waals surface area contributed by atoms with Gasteiger partial charge in [-0.15, -0.1) is 0 Å². The minimum Gasteiger partial charge on any atom is -0.313 e. The molecule has 1 heterocycles. The van der Waals surface area contributed by atoms with Crippen LogP contribution in [0.3, 0.4) is 0 Å². The predicted octanol–water partition coefficient (Wildman–Crippen LogP) is 7.80. The van der Waals surface area contributed by atoms with Crippen molar-refractivity contribution < 1.29 is 9.59 Å². The average Bonchev–Trinajstić information content (AvgIpc) is 3.11. The summed E-state index contributed by atoms with van der Waals surface area (Å²) in [5.74, 6) is -0.307. The molecule has 3 nitrogen and oxygen atoms in total. The molecular weight excluding hydrogens is 569 g/mol. The SMILES string of the molecule is CC1(C)CC(=O)C2=C(C1)N(c1ccc(I)cc1)C1=C(C(=O)c3ccccc31)C2c1ccc(Cl)cc1. The Kier molecular flexibility index (Phi) is 5.31. The van der Waals surface area contributed by atoms with Gasteiger partial charge in [0.05, 0.1) is 5.70 Å². The maximum absolute atomic E-state index is 14.0. The third-order valence-corrected chi connectivity index (χ3v) is 8.15. The molecule has 0 radical (unpaired) electrons. The molecule has 174 valence electrons. The van der Waals surface area contributed by atoms with Crippen molar-refractivity contribution in [2.75, 3.05) is 4.90 Å². The molecule has 0 saturated heterocycles. The van der Waals surface area contributed by atoms with Gasteiger partial charge in [0.1, 0.15) is 0 Å². The van der Waals surface area contributed by atoms with Crippen molar-refractivity contribution in [1.29, 1.82) is 0 Å². The molecule has 0 N–H and O–H groups in total. The lowest BCUT2D eigenvalue weighted by Crippen LogP contribution is -2.39. The Bertz CT molecular complexity index is 1460. The molecule has 6 rings (SSSR count). The van der Waals surface area contributed by atoms with Crippen LogP contribution in [0, 0.1) is 8.99 Å². The number of fused-ring (bicyclic) bond motifs is 2. The Morgan fingerprint density at radius 2 is 1.51 bits per heavy atom. The van der Waals surface area contributed by atoms with E-state index in [4.69, 9.17) is 11.6 Å². The highest BCUT2D eigenvalue weighted by Gasteiger charge is 2.49. The second-order valence-corrected chi connectivity index (χ2v) is 11.9. The number of halogens is 2. The van der Waals surface area contributed by atoms with Crippen LogP contribution in [0.25, 0.3) is 5.70 Å². The number of hydrogen-bond donors (Lipinski definition) is 0. The van der Waals surface area contributed by atoms with Crippen LogP contribution in [0.1, 0.15) is 54.1 Å². The standard InChI is InChI=1S/C30H23ClINO2/c1-30(2)15-23-26(24(34)16-30)25(17-7-9-18(31)10-8-17)27-28(21-5-3-4-6-22(21)29(27)35)33(23)20-13-11-19(32)12-14-20/h3-14,25H,15-16H2,1-2H3. The first-order chi connectivity index (χ1) is 16.7. The number of ketones is 2. The van der Waals surface area contributed by atoms with Gasteiger partial charge in [-0.2, -0.15) is 0 Å². The molecule has 1 unspecified atom stereocenters. The van der Waals surface area contributed by atoms with Crippen molar-refractivity contribution in [2.24, 2.45) is 5.41 Å². The van der Waals surface area contributed by atoms with E-state index in [1.165, 1.54) is 0 Å². The molecule has 3 aromatic carbocycles. The molecule has 0 aromatic heterocycles. The average molecular weight is 592 g/mol. The number of anilines is 1. The summed E-state index contributed by atoms with van der Waals surface area (Å²) in [5, 5.41) is 0.630. The summed E-state index contributed by atoms with van der Waals surface area (Å²) in [4.78, 5) is 30.0. The number of benzene rings is 3. The molecule has 0 amide bonds. The van der Waals surface area contributed by atoms with Gasteiger partial charge in [0, 0.05) is 54.6 Å². The number of carbonyl (C=O) groups is 2. The Morgan fingerprint density at radius 1 is 0.857 bits per heavy atom. The number of nitrogens with zero attached hydrogens (tertiary/aromatic N) is 1. The number of rotatable bonds is 2. The Morgan fingerprint density at radius 3 is 2.20 bits per heavy atom. The summed E-state index contributed by atoms with van der Waals surface area (Å²) in [5.41, 5.74) is 6.64. The third kappa shape index (κ3) is 3.61. The molecule has 1 aliphatic heterocycles. The lowest BCUT2D eigenvalue weighted by molar-refractivity contribution is -0.118. The second-order valence-electron chi connectivity index (χ2n) is 10.2. The van der Waals surface area contributed by atoms with Crippen LogP contribution in [0.4, 0.5) is 5.69 Å². The van der Waals surface area contributed by atoms with Crippen LogP contribution in [0.15, 0.2) is 89.6 Å². The van der Waals surface area contributed by atoms with Gasteiger partial charge in [-0.25, -0.2) is 0 Å². The van der Waals surface area contributed by atoms with E-state index in [2.05, 4.69) is 65.6 Å². The molecular formula is C30H23ClINO2. The minimum atomic E-state index is -0.416. The molecule has 2 aliphatic carbocycles. The van der Waals surface area contributed by atoms with Crippen LogP contribution in [-0.2, 0) is 4.79 Å². The van der Waals surface area contributed by atoms with Gasteiger partial charge in [-0.3, -0.25) is 9.59 Å². The summed E-state index contributed by atoms with van der Waals surface area (Å²) in [6.07, 6.45) is 1.21. The van der Waals surface area contributed by atoms with Crippen LogP contribution in [0.2, 0.25) is 5.02 Å². The lowest BCUT2D eigenvalue weighted by Gasteiger charge is -2.44. The highest BCUT2D eigenvalue weighted by molar-refractivity contribution is 14.1. The highest BCUT2D eigenvalue weighted by Crippen LogP contribution is 2.56. The summed E-state index contributed by atoms with van der Waals surface area (Å²) >= 11 is 8.52. The highest BCUT2D eigenvalue weighted by atomic mass is 127. The fourth-order valence-corrected chi connectivity index (χ4v) is 6.25.